The molecule has 1 unspecified atom stereocenters. The van der Waals surface area contributed by atoms with Crippen molar-refractivity contribution in [2.24, 2.45) is 5.92 Å². The molecule has 0 saturated heterocycles. The Hall–Kier alpha value is -1.88. The van der Waals surface area contributed by atoms with E-state index in [0.29, 0.717) is 6.54 Å². The molecule has 0 spiro atoms. The quantitative estimate of drug-likeness (QED) is 0.833. The normalized spacial score (nSPS) is 12.2. The molecule has 1 atom stereocenters. The minimum absolute atomic E-state index is 0.137. The summed E-state index contributed by atoms with van der Waals surface area (Å²) in [6.45, 7) is 6.03. The van der Waals surface area contributed by atoms with Crippen molar-refractivity contribution in [3.05, 3.63) is 29.3 Å². The van der Waals surface area contributed by atoms with Gasteiger partial charge in [-0.2, -0.15) is 0 Å². The average Bonchev–Trinajstić information content (AvgIpc) is 2.33. The second-order valence-corrected chi connectivity index (χ2v) is 5.25. The van der Waals surface area contributed by atoms with E-state index in [1.165, 1.54) is 0 Å². The minimum Gasteiger partial charge on any atom is -0.481 e. The summed E-state index contributed by atoms with van der Waals surface area (Å²) in [6, 6.07) is 5.83. The lowest BCUT2D eigenvalue weighted by atomic mass is 10.1. The van der Waals surface area contributed by atoms with Crippen LogP contribution in [-0.4, -0.2) is 42.0 Å². The maximum atomic E-state index is 12.0. The molecule has 0 aromatic heterocycles. The molecule has 0 bridgehead atoms. The lowest BCUT2D eigenvalue weighted by molar-refractivity contribution is -0.141. The third-order valence-electron chi connectivity index (χ3n) is 3.17. The summed E-state index contributed by atoms with van der Waals surface area (Å²) in [6.07, 6.45) is 0. The van der Waals surface area contributed by atoms with Gasteiger partial charge in [-0.05, 0) is 32.0 Å². The number of anilines is 1. The highest BCUT2D eigenvalue weighted by Gasteiger charge is 2.16. The molecule has 0 radical (unpaired) electrons. The van der Waals surface area contributed by atoms with Gasteiger partial charge in [0.1, 0.15) is 0 Å². The second-order valence-electron chi connectivity index (χ2n) is 5.25. The van der Waals surface area contributed by atoms with Gasteiger partial charge in [-0.15, -0.1) is 0 Å². The number of benzene rings is 1. The molecular weight excluding hydrogens is 256 g/mol. The maximum Gasteiger partial charge on any atom is 0.307 e. The number of amides is 1. The fraction of sp³-hybridized carbons (Fsp3) is 0.467. The number of carbonyl (C=O) groups excluding carboxylic acids is 1. The molecule has 110 valence electrons. The van der Waals surface area contributed by atoms with E-state index >= 15 is 0 Å². The molecule has 0 aliphatic carbocycles. The van der Waals surface area contributed by atoms with Crippen molar-refractivity contribution in [2.75, 3.05) is 25.5 Å². The zero-order chi connectivity index (χ0) is 15.3. The fourth-order valence-electron chi connectivity index (χ4n) is 2.05. The molecule has 0 heterocycles. The monoisotopic (exact) mass is 278 g/mol. The number of carboxylic acid groups (broad SMARTS) is 1. The zero-order valence-corrected chi connectivity index (χ0v) is 12.4. The van der Waals surface area contributed by atoms with Crippen LogP contribution in [0, 0.1) is 19.8 Å². The molecule has 20 heavy (non-hydrogen) atoms. The Balaban J connectivity index is 2.58. The van der Waals surface area contributed by atoms with Crippen LogP contribution in [0.3, 0.4) is 0 Å². The van der Waals surface area contributed by atoms with Crippen LogP contribution in [0.4, 0.5) is 5.69 Å². The first-order valence-electron chi connectivity index (χ1n) is 6.58. The first-order valence-corrected chi connectivity index (χ1v) is 6.58. The largest absolute Gasteiger partial charge is 0.481 e. The Labute approximate surface area is 119 Å². The number of nitrogens with zero attached hydrogens (tertiary/aromatic N) is 1. The Morgan fingerprint density at radius 3 is 2.35 bits per heavy atom. The van der Waals surface area contributed by atoms with Crippen LogP contribution in [0.1, 0.15) is 18.1 Å². The van der Waals surface area contributed by atoms with E-state index in [0.717, 1.165) is 16.8 Å². The highest BCUT2D eigenvalue weighted by molar-refractivity contribution is 5.93. The summed E-state index contributed by atoms with van der Waals surface area (Å²) in [7, 11) is 1.74. The molecule has 1 aromatic rings. The van der Waals surface area contributed by atoms with E-state index in [1.807, 2.05) is 32.0 Å². The SMILES string of the molecule is Cc1cccc(C)c1NC(=O)CN(C)CC(C)C(=O)O. The summed E-state index contributed by atoms with van der Waals surface area (Å²) in [5.41, 5.74) is 2.86. The highest BCUT2D eigenvalue weighted by atomic mass is 16.4. The van der Waals surface area contributed by atoms with Crippen molar-refractivity contribution < 1.29 is 14.7 Å². The van der Waals surface area contributed by atoms with Crippen molar-refractivity contribution >= 4 is 17.6 Å². The number of hydrogen-bond donors (Lipinski definition) is 2. The molecule has 0 saturated carbocycles. The van der Waals surface area contributed by atoms with E-state index in [4.69, 9.17) is 5.11 Å². The predicted octanol–water partition coefficient (Wildman–Crippen LogP) is 1.89. The number of carbonyl (C=O) groups is 2. The summed E-state index contributed by atoms with van der Waals surface area (Å²) in [4.78, 5) is 24.5. The highest BCUT2D eigenvalue weighted by Crippen LogP contribution is 2.19. The number of aliphatic carboxylic acids is 1. The van der Waals surface area contributed by atoms with E-state index in [1.54, 1.807) is 18.9 Å². The number of likely N-dealkylation sites (N-methyl/N-ethyl adjacent to an activating group) is 1. The number of para-hydroxylation sites is 1. The topological polar surface area (TPSA) is 69.6 Å². The van der Waals surface area contributed by atoms with Gasteiger partial charge < -0.3 is 10.4 Å². The van der Waals surface area contributed by atoms with Gasteiger partial charge in [-0.25, -0.2) is 0 Å². The molecule has 0 fully saturated rings. The Morgan fingerprint density at radius 1 is 1.30 bits per heavy atom. The maximum absolute atomic E-state index is 12.0. The van der Waals surface area contributed by atoms with Crippen LogP contribution in [0.5, 0.6) is 0 Å². The zero-order valence-electron chi connectivity index (χ0n) is 12.4. The average molecular weight is 278 g/mol. The lowest BCUT2D eigenvalue weighted by Gasteiger charge is -2.19. The number of nitrogens with one attached hydrogen (secondary N) is 1. The van der Waals surface area contributed by atoms with Gasteiger partial charge in [-0.1, -0.05) is 25.1 Å². The molecular formula is C15H22N2O3. The van der Waals surface area contributed by atoms with Crippen molar-refractivity contribution in [3.63, 3.8) is 0 Å². The predicted molar refractivity (Wildman–Crippen MR) is 78.8 cm³/mol. The van der Waals surface area contributed by atoms with Crippen LogP contribution < -0.4 is 5.32 Å². The van der Waals surface area contributed by atoms with Crippen molar-refractivity contribution in [2.45, 2.75) is 20.8 Å². The molecule has 0 aliphatic rings. The van der Waals surface area contributed by atoms with Crippen LogP contribution in [0.15, 0.2) is 18.2 Å². The van der Waals surface area contributed by atoms with Gasteiger partial charge in [0.15, 0.2) is 0 Å². The number of aryl methyl sites for hydroxylation is 2. The van der Waals surface area contributed by atoms with Crippen LogP contribution in [0.25, 0.3) is 0 Å². The van der Waals surface area contributed by atoms with Gasteiger partial charge in [0.05, 0.1) is 12.5 Å². The fourth-order valence-corrected chi connectivity index (χ4v) is 2.05. The molecule has 5 nitrogen and oxygen atoms in total. The Morgan fingerprint density at radius 2 is 1.85 bits per heavy atom. The molecule has 2 N–H and O–H groups in total. The van der Waals surface area contributed by atoms with Gasteiger partial charge in [-0.3, -0.25) is 14.5 Å². The smallest absolute Gasteiger partial charge is 0.307 e. The minimum atomic E-state index is -0.855. The second kappa shape index (κ2) is 7.05. The molecule has 0 aliphatic heterocycles. The van der Waals surface area contributed by atoms with Crippen molar-refractivity contribution in [1.29, 1.82) is 0 Å². The van der Waals surface area contributed by atoms with E-state index < -0.39 is 11.9 Å². The standard InChI is InChI=1S/C15H22N2O3/c1-10-6-5-7-11(2)14(10)16-13(18)9-17(4)8-12(3)15(19)20/h5-7,12H,8-9H2,1-4H3,(H,16,18)(H,19,20). The lowest BCUT2D eigenvalue weighted by Crippen LogP contribution is -2.35. The van der Waals surface area contributed by atoms with E-state index in [9.17, 15) is 9.59 Å². The van der Waals surface area contributed by atoms with Gasteiger partial charge >= 0.3 is 5.97 Å². The van der Waals surface area contributed by atoms with Crippen LogP contribution in [0.2, 0.25) is 0 Å². The summed E-state index contributed by atoms with van der Waals surface area (Å²) >= 11 is 0. The van der Waals surface area contributed by atoms with Crippen LogP contribution >= 0.6 is 0 Å². The summed E-state index contributed by atoms with van der Waals surface area (Å²) in [5.74, 6) is -1.48. The van der Waals surface area contributed by atoms with Gasteiger partial charge in [0, 0.05) is 12.2 Å². The number of hydrogen-bond acceptors (Lipinski definition) is 3. The number of rotatable bonds is 6. The van der Waals surface area contributed by atoms with E-state index in [-0.39, 0.29) is 12.5 Å². The Bertz CT molecular complexity index is 480. The van der Waals surface area contributed by atoms with Crippen molar-refractivity contribution in [3.8, 4) is 0 Å². The van der Waals surface area contributed by atoms with Crippen molar-refractivity contribution in [1.82, 2.24) is 4.90 Å². The molecule has 1 amide bonds. The molecule has 5 heteroatoms. The third kappa shape index (κ3) is 4.66. The molecule has 1 aromatic carbocycles. The van der Waals surface area contributed by atoms with Crippen LogP contribution in [-0.2, 0) is 9.59 Å². The third-order valence-corrected chi connectivity index (χ3v) is 3.17. The summed E-state index contributed by atoms with van der Waals surface area (Å²) < 4.78 is 0. The Kier molecular flexibility index (Phi) is 5.70. The van der Waals surface area contributed by atoms with E-state index in [2.05, 4.69) is 5.32 Å². The summed E-state index contributed by atoms with van der Waals surface area (Å²) in [5, 5.41) is 11.7. The first-order chi connectivity index (χ1) is 9.31. The van der Waals surface area contributed by atoms with Gasteiger partial charge in [0.2, 0.25) is 5.91 Å². The van der Waals surface area contributed by atoms with Gasteiger partial charge in [0.25, 0.3) is 0 Å². The molecule has 1 rings (SSSR count). The number of carboxylic acids is 1. The first kappa shape index (κ1) is 16.2.